The maximum Gasteiger partial charge on any atom is 0.337 e. The summed E-state index contributed by atoms with van der Waals surface area (Å²) in [6.07, 6.45) is 1.74. The number of anilines is 2. The lowest BCUT2D eigenvalue weighted by molar-refractivity contribution is 0.0698. The number of carboxylic acids is 1. The molecule has 2 aromatic rings. The first-order valence-electron chi connectivity index (χ1n) is 6.23. The zero-order chi connectivity index (χ0) is 14.7. The van der Waals surface area contributed by atoms with E-state index in [1.54, 1.807) is 19.2 Å². The summed E-state index contributed by atoms with van der Waals surface area (Å²) in [5.41, 5.74) is 8.72. The minimum Gasteiger partial charge on any atom is -0.478 e. The van der Waals surface area contributed by atoms with E-state index in [0.29, 0.717) is 12.2 Å². The van der Waals surface area contributed by atoms with E-state index in [4.69, 9.17) is 5.73 Å². The Kier molecular flexibility index (Phi) is 3.89. The molecule has 0 fully saturated rings. The van der Waals surface area contributed by atoms with Crippen LogP contribution in [0.4, 0.5) is 11.4 Å². The van der Waals surface area contributed by atoms with Crippen LogP contribution in [0, 0.1) is 6.92 Å². The molecule has 0 aliphatic heterocycles. The highest BCUT2D eigenvalue weighted by molar-refractivity contribution is 5.95. The number of pyridine rings is 1. The maximum absolute atomic E-state index is 11.2. The van der Waals surface area contributed by atoms with Gasteiger partial charge >= 0.3 is 5.97 Å². The molecule has 5 heteroatoms. The number of aromatic carboxylic acids is 1. The molecule has 104 valence electrons. The molecule has 0 amide bonds. The Morgan fingerprint density at radius 1 is 1.40 bits per heavy atom. The summed E-state index contributed by atoms with van der Waals surface area (Å²) in [5.74, 6) is -1.02. The fraction of sp³-hybridized carbons (Fsp3) is 0.200. The van der Waals surface area contributed by atoms with Gasteiger partial charge in [0.15, 0.2) is 0 Å². The fourth-order valence-electron chi connectivity index (χ4n) is 2.00. The van der Waals surface area contributed by atoms with Gasteiger partial charge in [-0.25, -0.2) is 4.79 Å². The van der Waals surface area contributed by atoms with Crippen molar-refractivity contribution >= 4 is 17.3 Å². The van der Waals surface area contributed by atoms with Crippen LogP contribution in [0.1, 0.15) is 21.6 Å². The Labute approximate surface area is 117 Å². The summed E-state index contributed by atoms with van der Waals surface area (Å²) in [7, 11) is 1.89. The van der Waals surface area contributed by atoms with Gasteiger partial charge in [-0.05, 0) is 36.8 Å². The highest BCUT2D eigenvalue weighted by Crippen LogP contribution is 2.25. The number of hydrogen-bond donors (Lipinski definition) is 2. The van der Waals surface area contributed by atoms with Gasteiger partial charge in [0.1, 0.15) is 0 Å². The third kappa shape index (κ3) is 2.88. The van der Waals surface area contributed by atoms with Crippen molar-refractivity contribution in [3.63, 3.8) is 0 Å². The van der Waals surface area contributed by atoms with Crippen molar-refractivity contribution in [2.75, 3.05) is 17.7 Å². The third-order valence-corrected chi connectivity index (χ3v) is 3.17. The molecule has 1 aromatic heterocycles. The summed E-state index contributed by atoms with van der Waals surface area (Å²) in [6, 6.07) is 9.18. The van der Waals surface area contributed by atoms with Crippen molar-refractivity contribution in [3.05, 3.63) is 53.3 Å². The second-order valence-corrected chi connectivity index (χ2v) is 4.71. The standard InChI is InChI=1S/C15H17N3O2/c1-10-7-12(8-13(14(10)16)15(19)20)18(2)9-11-5-3-4-6-17-11/h3-8H,9,16H2,1-2H3,(H,19,20). The highest BCUT2D eigenvalue weighted by atomic mass is 16.4. The number of aromatic nitrogens is 1. The topological polar surface area (TPSA) is 79.5 Å². The molecule has 3 N–H and O–H groups in total. The molecule has 2 rings (SSSR count). The number of nitrogen functional groups attached to an aromatic ring is 1. The van der Waals surface area contributed by atoms with Gasteiger partial charge in [0.2, 0.25) is 0 Å². The highest BCUT2D eigenvalue weighted by Gasteiger charge is 2.13. The molecular formula is C15H17N3O2. The average Bonchev–Trinajstić information content (AvgIpc) is 2.42. The van der Waals surface area contributed by atoms with Gasteiger partial charge < -0.3 is 15.7 Å². The van der Waals surface area contributed by atoms with Crippen LogP contribution >= 0.6 is 0 Å². The number of carboxylic acid groups (broad SMARTS) is 1. The van der Waals surface area contributed by atoms with E-state index >= 15 is 0 Å². The second-order valence-electron chi connectivity index (χ2n) is 4.71. The van der Waals surface area contributed by atoms with E-state index in [2.05, 4.69) is 4.98 Å². The number of nitrogens with zero attached hydrogens (tertiary/aromatic N) is 2. The Hall–Kier alpha value is -2.56. The van der Waals surface area contributed by atoms with Crippen molar-refractivity contribution in [3.8, 4) is 0 Å². The Balaban J connectivity index is 2.31. The van der Waals surface area contributed by atoms with E-state index in [1.165, 1.54) is 0 Å². The molecule has 0 radical (unpaired) electrons. The third-order valence-electron chi connectivity index (χ3n) is 3.17. The first kappa shape index (κ1) is 13.9. The molecular weight excluding hydrogens is 254 g/mol. The largest absolute Gasteiger partial charge is 0.478 e. The van der Waals surface area contributed by atoms with Crippen LogP contribution in [0.3, 0.4) is 0 Å². The van der Waals surface area contributed by atoms with E-state index in [0.717, 1.165) is 16.9 Å². The fourth-order valence-corrected chi connectivity index (χ4v) is 2.00. The van der Waals surface area contributed by atoms with Crippen molar-refractivity contribution < 1.29 is 9.90 Å². The monoisotopic (exact) mass is 271 g/mol. The average molecular weight is 271 g/mol. The second kappa shape index (κ2) is 5.61. The molecule has 0 unspecified atom stereocenters. The van der Waals surface area contributed by atoms with Gasteiger partial charge in [0.25, 0.3) is 0 Å². The van der Waals surface area contributed by atoms with Crippen molar-refractivity contribution in [1.82, 2.24) is 4.98 Å². The van der Waals surface area contributed by atoms with Crippen molar-refractivity contribution in [2.45, 2.75) is 13.5 Å². The van der Waals surface area contributed by atoms with Gasteiger partial charge in [0.05, 0.1) is 17.8 Å². The summed E-state index contributed by atoms with van der Waals surface area (Å²) < 4.78 is 0. The SMILES string of the molecule is Cc1cc(N(C)Cc2ccccn2)cc(C(=O)O)c1N. The molecule has 0 saturated carbocycles. The molecule has 5 nitrogen and oxygen atoms in total. The number of rotatable bonds is 4. The van der Waals surface area contributed by atoms with Crippen molar-refractivity contribution in [1.29, 1.82) is 0 Å². The molecule has 0 aliphatic carbocycles. The van der Waals surface area contributed by atoms with Crippen molar-refractivity contribution in [2.24, 2.45) is 0 Å². The normalized spacial score (nSPS) is 10.3. The van der Waals surface area contributed by atoms with Crippen LogP contribution in [0.2, 0.25) is 0 Å². The number of aryl methyl sites for hydroxylation is 1. The maximum atomic E-state index is 11.2. The number of nitrogens with two attached hydrogens (primary N) is 1. The van der Waals surface area contributed by atoms with E-state index < -0.39 is 5.97 Å². The van der Waals surface area contributed by atoms with E-state index in [-0.39, 0.29) is 5.56 Å². The molecule has 20 heavy (non-hydrogen) atoms. The van der Waals surface area contributed by atoms with Crippen LogP contribution in [-0.4, -0.2) is 23.1 Å². The van der Waals surface area contributed by atoms with Gasteiger partial charge in [-0.1, -0.05) is 6.07 Å². The quantitative estimate of drug-likeness (QED) is 0.834. The van der Waals surface area contributed by atoms with Gasteiger partial charge in [-0.15, -0.1) is 0 Å². The first-order valence-corrected chi connectivity index (χ1v) is 6.23. The molecule has 0 spiro atoms. The van der Waals surface area contributed by atoms with Crippen LogP contribution in [0.15, 0.2) is 36.5 Å². The van der Waals surface area contributed by atoms with Crippen LogP contribution < -0.4 is 10.6 Å². The van der Waals surface area contributed by atoms with E-state index in [1.807, 2.05) is 36.2 Å². The lowest BCUT2D eigenvalue weighted by atomic mass is 10.1. The summed E-state index contributed by atoms with van der Waals surface area (Å²) in [6.45, 7) is 2.41. The van der Waals surface area contributed by atoms with Gasteiger partial charge in [-0.2, -0.15) is 0 Å². The zero-order valence-electron chi connectivity index (χ0n) is 11.5. The molecule has 1 heterocycles. The molecule has 0 atom stereocenters. The summed E-state index contributed by atoms with van der Waals surface area (Å²) >= 11 is 0. The Morgan fingerprint density at radius 3 is 2.75 bits per heavy atom. The zero-order valence-corrected chi connectivity index (χ0v) is 11.5. The number of hydrogen-bond acceptors (Lipinski definition) is 4. The lowest BCUT2D eigenvalue weighted by Gasteiger charge is -2.20. The van der Waals surface area contributed by atoms with Crippen LogP contribution in [-0.2, 0) is 6.54 Å². The Morgan fingerprint density at radius 2 is 2.15 bits per heavy atom. The first-order chi connectivity index (χ1) is 9.49. The lowest BCUT2D eigenvalue weighted by Crippen LogP contribution is -2.18. The molecule has 0 saturated heterocycles. The van der Waals surface area contributed by atoms with E-state index in [9.17, 15) is 9.90 Å². The van der Waals surface area contributed by atoms with Crippen LogP contribution in [0.5, 0.6) is 0 Å². The van der Waals surface area contributed by atoms with Gasteiger partial charge in [-0.3, -0.25) is 4.98 Å². The predicted octanol–water partition coefficient (Wildman–Crippen LogP) is 2.31. The minimum absolute atomic E-state index is 0.132. The molecule has 0 bridgehead atoms. The minimum atomic E-state index is -1.02. The van der Waals surface area contributed by atoms with Gasteiger partial charge in [0, 0.05) is 24.6 Å². The Bertz CT molecular complexity index is 627. The molecule has 1 aromatic carbocycles. The molecule has 0 aliphatic rings. The number of carbonyl (C=O) groups is 1. The van der Waals surface area contributed by atoms with Crippen LogP contribution in [0.25, 0.3) is 0 Å². The summed E-state index contributed by atoms with van der Waals surface area (Å²) in [4.78, 5) is 17.4. The number of benzene rings is 1. The summed E-state index contributed by atoms with van der Waals surface area (Å²) in [5, 5.41) is 9.18. The smallest absolute Gasteiger partial charge is 0.337 e. The predicted molar refractivity (Wildman–Crippen MR) is 78.9 cm³/mol.